The maximum Gasteiger partial charge on any atom is 0.196 e. The molecular formula is C31H37NO4. The molecule has 0 spiro atoms. The molecule has 2 aliphatic carbocycles. The maximum atomic E-state index is 10.4. The van der Waals surface area contributed by atoms with E-state index in [4.69, 9.17) is 19.9 Å². The van der Waals surface area contributed by atoms with Crippen molar-refractivity contribution in [1.82, 2.24) is 0 Å². The zero-order valence-corrected chi connectivity index (χ0v) is 21.4. The normalized spacial score (nSPS) is 15.6. The number of hydrogen-bond acceptors (Lipinski definition) is 5. The summed E-state index contributed by atoms with van der Waals surface area (Å²) in [5.41, 5.74) is 16.2. The minimum Gasteiger partial charge on any atom is -0.488 e. The van der Waals surface area contributed by atoms with Gasteiger partial charge >= 0.3 is 0 Å². The molecule has 5 rings (SSSR count). The van der Waals surface area contributed by atoms with Crippen LogP contribution in [0.1, 0.15) is 66.0 Å². The van der Waals surface area contributed by atoms with E-state index in [0.29, 0.717) is 6.61 Å². The first-order valence-corrected chi connectivity index (χ1v) is 13.2. The van der Waals surface area contributed by atoms with Gasteiger partial charge in [-0.3, -0.25) is 0 Å². The number of rotatable bonds is 8. The van der Waals surface area contributed by atoms with Crippen LogP contribution in [-0.4, -0.2) is 18.5 Å². The summed E-state index contributed by atoms with van der Waals surface area (Å²) >= 11 is 0. The Morgan fingerprint density at radius 3 is 2.33 bits per heavy atom. The molecule has 5 heteroatoms. The van der Waals surface area contributed by atoms with Crippen LogP contribution in [0.25, 0.3) is 11.1 Å². The first-order valence-electron chi connectivity index (χ1n) is 13.2. The third-order valence-corrected chi connectivity index (χ3v) is 7.56. The van der Waals surface area contributed by atoms with Crippen molar-refractivity contribution in [1.29, 1.82) is 0 Å². The predicted octanol–water partition coefficient (Wildman–Crippen LogP) is 6.14. The molecule has 36 heavy (non-hydrogen) atoms. The number of aliphatic hydroxyl groups is 1. The van der Waals surface area contributed by atoms with Gasteiger partial charge in [-0.1, -0.05) is 18.2 Å². The molecule has 0 unspecified atom stereocenters. The van der Waals surface area contributed by atoms with E-state index < -0.39 is 6.29 Å². The highest BCUT2D eigenvalue weighted by Crippen LogP contribution is 2.48. The zero-order valence-electron chi connectivity index (χ0n) is 21.4. The van der Waals surface area contributed by atoms with Gasteiger partial charge in [-0.05, 0) is 110 Å². The van der Waals surface area contributed by atoms with Gasteiger partial charge in [0.2, 0.25) is 0 Å². The number of fused-ring (bicyclic) bond motifs is 2. The van der Waals surface area contributed by atoms with Gasteiger partial charge in [0.05, 0.1) is 6.61 Å². The third kappa shape index (κ3) is 4.95. The van der Waals surface area contributed by atoms with Gasteiger partial charge in [-0.2, -0.15) is 0 Å². The molecule has 3 N–H and O–H groups in total. The van der Waals surface area contributed by atoms with E-state index in [1.807, 2.05) is 31.2 Å². The lowest BCUT2D eigenvalue weighted by Crippen LogP contribution is -2.18. The van der Waals surface area contributed by atoms with Crippen molar-refractivity contribution in [3.05, 3.63) is 75.8 Å². The van der Waals surface area contributed by atoms with Gasteiger partial charge in [0, 0.05) is 29.5 Å². The number of aryl methyl sites for hydroxylation is 2. The number of benzene rings is 3. The van der Waals surface area contributed by atoms with Gasteiger partial charge in [0.25, 0.3) is 0 Å². The lowest BCUT2D eigenvalue weighted by Gasteiger charge is -2.30. The summed E-state index contributed by atoms with van der Waals surface area (Å²) in [6.45, 7) is 2.24. The summed E-state index contributed by atoms with van der Waals surface area (Å²) in [5, 5.41) is 10.4. The molecule has 1 atom stereocenters. The van der Waals surface area contributed by atoms with Gasteiger partial charge < -0.3 is 25.1 Å². The minimum atomic E-state index is -0.438. The Kier molecular flexibility index (Phi) is 7.49. The molecule has 0 heterocycles. The molecular weight excluding hydrogens is 450 g/mol. The number of ether oxygens (including phenoxy) is 3. The molecule has 3 aromatic carbocycles. The number of hydrogen-bond donors (Lipinski definition) is 2. The van der Waals surface area contributed by atoms with E-state index >= 15 is 0 Å². The van der Waals surface area contributed by atoms with Crippen LogP contribution in [0.2, 0.25) is 0 Å². The Morgan fingerprint density at radius 2 is 1.61 bits per heavy atom. The molecule has 190 valence electrons. The molecule has 0 bridgehead atoms. The molecule has 0 fully saturated rings. The molecule has 3 aromatic rings. The van der Waals surface area contributed by atoms with Crippen molar-refractivity contribution in [2.75, 3.05) is 12.8 Å². The highest BCUT2D eigenvalue weighted by atomic mass is 16.7. The van der Waals surface area contributed by atoms with Crippen molar-refractivity contribution in [2.24, 2.45) is 0 Å². The van der Waals surface area contributed by atoms with Crippen LogP contribution in [0.3, 0.4) is 0 Å². The number of anilines is 1. The zero-order chi connectivity index (χ0) is 25.1. The lowest BCUT2D eigenvalue weighted by molar-refractivity contribution is -0.0389. The Labute approximate surface area is 214 Å². The summed E-state index contributed by atoms with van der Waals surface area (Å²) in [4.78, 5) is 0. The molecule has 0 saturated carbocycles. The molecule has 0 saturated heterocycles. The third-order valence-electron chi connectivity index (χ3n) is 7.56. The first-order chi connectivity index (χ1) is 17.6. The summed E-state index contributed by atoms with van der Waals surface area (Å²) in [6, 6.07) is 14.3. The van der Waals surface area contributed by atoms with Gasteiger partial charge in [0.15, 0.2) is 6.29 Å². The maximum absolute atomic E-state index is 10.4. The number of methoxy groups -OCH3 is 1. The summed E-state index contributed by atoms with van der Waals surface area (Å²) < 4.78 is 18.5. The van der Waals surface area contributed by atoms with E-state index in [0.717, 1.165) is 84.4 Å². The van der Waals surface area contributed by atoms with Crippen LogP contribution in [-0.2, 0) is 43.6 Å². The van der Waals surface area contributed by atoms with Crippen molar-refractivity contribution in [3.8, 4) is 22.6 Å². The van der Waals surface area contributed by atoms with Gasteiger partial charge in [0.1, 0.15) is 18.1 Å². The summed E-state index contributed by atoms with van der Waals surface area (Å²) in [6.07, 6.45) is 8.33. The van der Waals surface area contributed by atoms with E-state index in [1.165, 1.54) is 28.7 Å². The quantitative estimate of drug-likeness (QED) is 0.295. The summed E-state index contributed by atoms with van der Waals surface area (Å²) in [7, 11) is 1.64. The number of nitrogen functional groups attached to an aromatic ring is 1. The first kappa shape index (κ1) is 24.7. The SMILES string of the molecule is CO[C@H](C)Oc1c(CO)cc2c(c1-c1c(OCc3cccc(N)c3)ccc3c1CCCC3)CCCC2. The largest absolute Gasteiger partial charge is 0.488 e. The standard InChI is InChI=1S/C31H37NO4/c1-20(34-2)36-31-24(18-33)17-23-10-4-6-13-27(23)30(31)29-26-12-5-3-9-22(26)14-15-28(29)35-19-21-8-7-11-25(32)16-21/h7-8,11,14-17,20,33H,3-6,9-10,12-13,18-19,32H2,1-2H3/t20-/m0/s1. The van der Waals surface area contributed by atoms with Crippen LogP contribution >= 0.6 is 0 Å². The molecule has 0 aromatic heterocycles. The van der Waals surface area contributed by atoms with Crippen LogP contribution in [0.5, 0.6) is 11.5 Å². The van der Waals surface area contributed by atoms with Crippen LogP contribution in [0, 0.1) is 0 Å². The monoisotopic (exact) mass is 487 g/mol. The Balaban J connectivity index is 1.71. The van der Waals surface area contributed by atoms with E-state index in [1.54, 1.807) is 7.11 Å². The van der Waals surface area contributed by atoms with Crippen molar-refractivity contribution in [2.45, 2.75) is 77.8 Å². The highest BCUT2D eigenvalue weighted by molar-refractivity contribution is 5.85. The van der Waals surface area contributed by atoms with Crippen LogP contribution < -0.4 is 15.2 Å². The molecule has 5 nitrogen and oxygen atoms in total. The average molecular weight is 488 g/mol. The van der Waals surface area contributed by atoms with E-state index in [-0.39, 0.29) is 6.61 Å². The molecule has 0 radical (unpaired) electrons. The lowest BCUT2D eigenvalue weighted by atomic mass is 9.79. The van der Waals surface area contributed by atoms with Crippen LogP contribution in [0.4, 0.5) is 5.69 Å². The second kappa shape index (κ2) is 10.9. The van der Waals surface area contributed by atoms with Gasteiger partial charge in [-0.25, -0.2) is 0 Å². The second-order valence-corrected chi connectivity index (χ2v) is 9.98. The van der Waals surface area contributed by atoms with E-state index in [9.17, 15) is 5.11 Å². The predicted molar refractivity (Wildman–Crippen MR) is 143 cm³/mol. The minimum absolute atomic E-state index is 0.0828. The Morgan fingerprint density at radius 1 is 0.889 bits per heavy atom. The topological polar surface area (TPSA) is 73.9 Å². The molecule has 0 aliphatic heterocycles. The van der Waals surface area contributed by atoms with E-state index in [2.05, 4.69) is 18.2 Å². The number of aliphatic hydroxyl groups excluding tert-OH is 1. The number of nitrogens with two attached hydrogens (primary N) is 1. The average Bonchev–Trinajstić information content (AvgIpc) is 2.91. The fourth-order valence-corrected chi connectivity index (χ4v) is 5.72. The Hall–Kier alpha value is -3.02. The van der Waals surface area contributed by atoms with Crippen molar-refractivity contribution in [3.63, 3.8) is 0 Å². The fraction of sp³-hybridized carbons (Fsp3) is 0.419. The van der Waals surface area contributed by atoms with Crippen LogP contribution in [0.15, 0.2) is 42.5 Å². The smallest absolute Gasteiger partial charge is 0.196 e. The van der Waals surface area contributed by atoms with Gasteiger partial charge in [-0.15, -0.1) is 0 Å². The highest BCUT2D eigenvalue weighted by Gasteiger charge is 2.29. The van der Waals surface area contributed by atoms with Crippen molar-refractivity contribution < 1.29 is 19.3 Å². The fourth-order valence-electron chi connectivity index (χ4n) is 5.72. The van der Waals surface area contributed by atoms with Crippen molar-refractivity contribution >= 4 is 5.69 Å². The summed E-state index contributed by atoms with van der Waals surface area (Å²) in [5.74, 6) is 1.58. The molecule has 0 amide bonds. The Bertz CT molecular complexity index is 1240. The second-order valence-electron chi connectivity index (χ2n) is 9.98. The molecule has 2 aliphatic rings.